The van der Waals surface area contributed by atoms with Gasteiger partial charge in [-0.3, -0.25) is 9.59 Å². The normalized spacial score (nSPS) is 31.1. The van der Waals surface area contributed by atoms with Crippen LogP contribution in [0.3, 0.4) is 0 Å². The summed E-state index contributed by atoms with van der Waals surface area (Å²) in [5, 5.41) is 9.07. The molecule has 1 saturated carbocycles. The van der Waals surface area contributed by atoms with Gasteiger partial charge in [-0.1, -0.05) is 20.8 Å². The Morgan fingerprint density at radius 3 is 2.00 bits per heavy atom. The lowest BCUT2D eigenvalue weighted by atomic mass is 9.65. The molecule has 0 radical (unpaired) electrons. The molecule has 0 aromatic rings. The number of rotatable bonds is 2. The molecule has 1 amide bonds. The number of hydrogen-bond donors (Lipinski definition) is 2. The molecule has 0 aromatic carbocycles. The fraction of sp³-hybridized carbons (Fsp3) is 0.833. The number of primary amides is 1. The van der Waals surface area contributed by atoms with Crippen LogP contribution in [0.5, 0.6) is 0 Å². The van der Waals surface area contributed by atoms with Gasteiger partial charge in [0.1, 0.15) is 0 Å². The number of carboxylic acid groups (broad SMARTS) is 1. The van der Waals surface area contributed by atoms with Crippen molar-refractivity contribution < 1.29 is 14.7 Å². The van der Waals surface area contributed by atoms with Crippen molar-refractivity contribution in [3.8, 4) is 0 Å². The first-order chi connectivity index (χ1) is 7.21. The maximum atomic E-state index is 11.2. The smallest absolute Gasteiger partial charge is 0.306 e. The van der Waals surface area contributed by atoms with E-state index in [4.69, 9.17) is 10.8 Å². The van der Waals surface area contributed by atoms with Crippen molar-refractivity contribution in [3.05, 3.63) is 0 Å². The second-order valence-electron chi connectivity index (χ2n) is 5.90. The van der Waals surface area contributed by atoms with Gasteiger partial charge < -0.3 is 10.8 Å². The van der Waals surface area contributed by atoms with Gasteiger partial charge in [0.2, 0.25) is 5.91 Å². The van der Waals surface area contributed by atoms with Gasteiger partial charge in [0, 0.05) is 5.92 Å². The van der Waals surface area contributed by atoms with Gasteiger partial charge in [-0.2, -0.15) is 0 Å². The van der Waals surface area contributed by atoms with Gasteiger partial charge in [-0.15, -0.1) is 0 Å². The average Bonchev–Trinajstić information content (AvgIpc) is 2.15. The minimum atomic E-state index is -0.805. The van der Waals surface area contributed by atoms with Crippen molar-refractivity contribution in [1.82, 2.24) is 0 Å². The fourth-order valence-corrected chi connectivity index (χ4v) is 2.46. The molecular weight excluding hydrogens is 206 g/mol. The summed E-state index contributed by atoms with van der Waals surface area (Å²) in [4.78, 5) is 22.3. The third kappa shape index (κ3) is 2.97. The lowest BCUT2D eigenvalue weighted by Crippen LogP contribution is -2.39. The fourth-order valence-electron chi connectivity index (χ4n) is 2.46. The Kier molecular flexibility index (Phi) is 3.61. The first-order valence-electron chi connectivity index (χ1n) is 5.74. The van der Waals surface area contributed by atoms with Gasteiger partial charge in [0.05, 0.1) is 5.92 Å². The number of nitrogens with two attached hydrogens (primary N) is 1. The summed E-state index contributed by atoms with van der Waals surface area (Å²) in [6.07, 6.45) is 1.78. The van der Waals surface area contributed by atoms with Crippen LogP contribution in [0.4, 0.5) is 0 Å². The van der Waals surface area contributed by atoms with Crippen molar-refractivity contribution in [1.29, 1.82) is 0 Å². The molecule has 4 heteroatoms. The topological polar surface area (TPSA) is 80.4 Å². The van der Waals surface area contributed by atoms with Crippen LogP contribution < -0.4 is 5.73 Å². The maximum absolute atomic E-state index is 11.2. The predicted octanol–water partition coefficient (Wildman–Crippen LogP) is 1.63. The second-order valence-corrected chi connectivity index (χ2v) is 5.90. The molecule has 16 heavy (non-hydrogen) atoms. The van der Waals surface area contributed by atoms with E-state index in [1.807, 2.05) is 0 Å². The third-order valence-electron chi connectivity index (χ3n) is 3.68. The largest absolute Gasteiger partial charge is 0.481 e. The van der Waals surface area contributed by atoms with Crippen molar-refractivity contribution >= 4 is 11.9 Å². The van der Waals surface area contributed by atoms with Crippen molar-refractivity contribution in [3.63, 3.8) is 0 Å². The predicted molar refractivity (Wildman–Crippen MR) is 60.6 cm³/mol. The van der Waals surface area contributed by atoms with E-state index in [2.05, 4.69) is 20.8 Å². The summed E-state index contributed by atoms with van der Waals surface area (Å²) in [5.74, 6) is -1.62. The minimum Gasteiger partial charge on any atom is -0.481 e. The zero-order valence-corrected chi connectivity index (χ0v) is 10.2. The number of amides is 1. The van der Waals surface area contributed by atoms with Gasteiger partial charge >= 0.3 is 5.97 Å². The number of carbonyl (C=O) groups excluding carboxylic acids is 1. The molecule has 4 nitrogen and oxygen atoms in total. The number of aliphatic carboxylic acids is 1. The number of hydrogen-bond acceptors (Lipinski definition) is 2. The van der Waals surface area contributed by atoms with E-state index >= 15 is 0 Å². The van der Waals surface area contributed by atoms with E-state index in [-0.39, 0.29) is 23.2 Å². The van der Waals surface area contributed by atoms with Gasteiger partial charge in [-0.25, -0.2) is 0 Å². The van der Waals surface area contributed by atoms with Crippen LogP contribution in [0, 0.1) is 23.2 Å². The van der Waals surface area contributed by atoms with E-state index in [0.717, 1.165) is 6.42 Å². The summed E-state index contributed by atoms with van der Waals surface area (Å²) >= 11 is 0. The van der Waals surface area contributed by atoms with Gasteiger partial charge in [0.15, 0.2) is 0 Å². The summed E-state index contributed by atoms with van der Waals surface area (Å²) < 4.78 is 0. The Balaban J connectivity index is 2.82. The van der Waals surface area contributed by atoms with Crippen LogP contribution in [0.2, 0.25) is 0 Å². The van der Waals surface area contributed by atoms with Crippen molar-refractivity contribution in [2.24, 2.45) is 28.9 Å². The second kappa shape index (κ2) is 4.44. The van der Waals surface area contributed by atoms with Crippen LogP contribution in [0.15, 0.2) is 0 Å². The molecule has 92 valence electrons. The quantitative estimate of drug-likeness (QED) is 0.752. The van der Waals surface area contributed by atoms with Gasteiger partial charge in [0.25, 0.3) is 0 Å². The molecule has 0 aromatic heterocycles. The van der Waals surface area contributed by atoms with Crippen LogP contribution in [0.1, 0.15) is 40.0 Å². The monoisotopic (exact) mass is 227 g/mol. The highest BCUT2D eigenvalue weighted by Crippen LogP contribution is 2.42. The van der Waals surface area contributed by atoms with Crippen LogP contribution >= 0.6 is 0 Å². The molecule has 0 bridgehead atoms. The van der Waals surface area contributed by atoms with E-state index in [1.165, 1.54) is 0 Å². The molecule has 1 aliphatic carbocycles. The molecule has 1 fully saturated rings. The van der Waals surface area contributed by atoms with Crippen molar-refractivity contribution in [2.45, 2.75) is 40.0 Å². The Hall–Kier alpha value is -1.06. The third-order valence-corrected chi connectivity index (χ3v) is 3.68. The van der Waals surface area contributed by atoms with E-state index < -0.39 is 11.9 Å². The summed E-state index contributed by atoms with van der Waals surface area (Å²) in [6.45, 7) is 6.25. The summed E-state index contributed by atoms with van der Waals surface area (Å²) in [5.41, 5.74) is 5.33. The van der Waals surface area contributed by atoms with E-state index in [0.29, 0.717) is 12.8 Å². The van der Waals surface area contributed by atoms with Crippen LogP contribution in [-0.2, 0) is 9.59 Å². The van der Waals surface area contributed by atoms with Crippen LogP contribution in [0.25, 0.3) is 0 Å². The molecule has 0 heterocycles. The van der Waals surface area contributed by atoms with Gasteiger partial charge in [-0.05, 0) is 30.6 Å². The molecule has 0 aliphatic heterocycles. The molecule has 1 aliphatic rings. The Morgan fingerprint density at radius 2 is 1.62 bits per heavy atom. The average molecular weight is 227 g/mol. The minimum absolute atomic E-state index is 0.0296. The summed E-state index contributed by atoms with van der Waals surface area (Å²) in [7, 11) is 0. The molecule has 3 N–H and O–H groups in total. The highest BCUT2D eigenvalue weighted by atomic mass is 16.4. The molecular formula is C12H21NO3. The standard InChI is InChI=1S/C12H21NO3/c1-12(2,3)9-5-7(10(13)14)4-8(6-9)11(15)16/h7-9H,4-6H2,1-3H3,(H2,13,14)(H,15,16)/t7-,8+,9+/m0/s1. The molecule has 1 rings (SSSR count). The summed E-state index contributed by atoms with van der Waals surface area (Å²) in [6, 6.07) is 0. The zero-order valence-electron chi connectivity index (χ0n) is 10.2. The van der Waals surface area contributed by atoms with E-state index in [1.54, 1.807) is 0 Å². The molecule has 0 saturated heterocycles. The SMILES string of the molecule is CC(C)(C)[C@@H]1C[C@@H](C(N)=O)C[C@@H](C(=O)O)C1. The van der Waals surface area contributed by atoms with Crippen molar-refractivity contribution in [2.75, 3.05) is 0 Å². The Morgan fingerprint density at radius 1 is 1.12 bits per heavy atom. The maximum Gasteiger partial charge on any atom is 0.306 e. The Labute approximate surface area is 96.2 Å². The molecule has 3 atom stereocenters. The highest BCUT2D eigenvalue weighted by molar-refractivity contribution is 5.78. The highest BCUT2D eigenvalue weighted by Gasteiger charge is 2.39. The molecule has 0 unspecified atom stereocenters. The van der Waals surface area contributed by atoms with Crippen LogP contribution in [-0.4, -0.2) is 17.0 Å². The zero-order chi connectivity index (χ0) is 12.5. The first kappa shape index (κ1) is 13.0. The Bertz CT molecular complexity index is 271. The number of carbonyl (C=O) groups is 2. The number of carboxylic acids is 1. The molecule has 0 spiro atoms. The lowest BCUT2D eigenvalue weighted by Gasteiger charge is -2.39. The lowest BCUT2D eigenvalue weighted by molar-refractivity contribution is -0.145. The van der Waals surface area contributed by atoms with E-state index in [9.17, 15) is 9.59 Å². The first-order valence-corrected chi connectivity index (χ1v) is 5.74.